The molecule has 0 saturated carbocycles. The largest absolute Gasteiger partial charge is 0.393 e. The normalized spacial score (nSPS) is 30.9. The zero-order valence-corrected chi connectivity index (χ0v) is 12.4. The SMILES string of the molecule is C=C(C)[C@]1(CO)O[C@@H](n2cnc3c(N)nc(N)nc32)[C@H](O)[C@@H]1O. The second kappa shape index (κ2) is 5.13. The smallest absolute Gasteiger partial charge is 0.224 e. The maximum atomic E-state index is 10.4. The molecular formula is C13H18N6O4. The van der Waals surface area contributed by atoms with Gasteiger partial charge in [0.15, 0.2) is 17.7 Å². The Kier molecular flexibility index (Phi) is 3.48. The Bertz CT molecular complexity index is 777. The molecule has 0 bridgehead atoms. The van der Waals surface area contributed by atoms with Crippen molar-refractivity contribution >= 4 is 22.9 Å². The lowest BCUT2D eigenvalue weighted by atomic mass is 9.89. The van der Waals surface area contributed by atoms with E-state index < -0.39 is 30.6 Å². The monoisotopic (exact) mass is 322 g/mol. The van der Waals surface area contributed by atoms with Gasteiger partial charge < -0.3 is 31.5 Å². The van der Waals surface area contributed by atoms with E-state index in [0.717, 1.165) is 0 Å². The molecule has 3 heterocycles. The Morgan fingerprint density at radius 3 is 2.70 bits per heavy atom. The average molecular weight is 322 g/mol. The van der Waals surface area contributed by atoms with Gasteiger partial charge in [-0.05, 0) is 12.5 Å². The highest BCUT2D eigenvalue weighted by atomic mass is 16.6. The van der Waals surface area contributed by atoms with Crippen LogP contribution in [0.4, 0.5) is 11.8 Å². The summed E-state index contributed by atoms with van der Waals surface area (Å²) in [4.78, 5) is 11.9. The summed E-state index contributed by atoms with van der Waals surface area (Å²) in [5, 5.41) is 30.3. The van der Waals surface area contributed by atoms with Gasteiger partial charge in [-0.15, -0.1) is 0 Å². The van der Waals surface area contributed by atoms with Crippen LogP contribution in [0.25, 0.3) is 11.2 Å². The zero-order valence-electron chi connectivity index (χ0n) is 12.4. The third-order valence-electron chi connectivity index (χ3n) is 4.12. The Hall–Kier alpha value is -2.27. The number of hydrogen-bond acceptors (Lipinski definition) is 9. The summed E-state index contributed by atoms with van der Waals surface area (Å²) >= 11 is 0. The van der Waals surface area contributed by atoms with E-state index in [4.69, 9.17) is 16.2 Å². The van der Waals surface area contributed by atoms with E-state index in [1.165, 1.54) is 10.9 Å². The van der Waals surface area contributed by atoms with Gasteiger partial charge in [-0.2, -0.15) is 9.97 Å². The van der Waals surface area contributed by atoms with Gasteiger partial charge in [0.2, 0.25) is 5.95 Å². The van der Waals surface area contributed by atoms with Crippen molar-refractivity contribution < 1.29 is 20.1 Å². The highest BCUT2D eigenvalue weighted by molar-refractivity contribution is 5.82. The van der Waals surface area contributed by atoms with Crippen LogP contribution in [0.2, 0.25) is 0 Å². The lowest BCUT2D eigenvalue weighted by Gasteiger charge is -2.30. The van der Waals surface area contributed by atoms with Crippen molar-refractivity contribution in [2.24, 2.45) is 0 Å². The molecule has 10 heteroatoms. The quantitative estimate of drug-likeness (QED) is 0.425. The lowest BCUT2D eigenvalue weighted by Crippen LogP contribution is -2.47. The van der Waals surface area contributed by atoms with Crippen molar-refractivity contribution in [3.05, 3.63) is 18.5 Å². The number of nitrogen functional groups attached to an aromatic ring is 2. The lowest BCUT2D eigenvalue weighted by molar-refractivity contribution is -0.104. The fourth-order valence-corrected chi connectivity index (χ4v) is 2.77. The minimum absolute atomic E-state index is 0.0573. The number of fused-ring (bicyclic) bond motifs is 1. The first-order valence-electron chi connectivity index (χ1n) is 6.88. The number of aliphatic hydroxyl groups excluding tert-OH is 3. The molecule has 1 saturated heterocycles. The van der Waals surface area contributed by atoms with Gasteiger partial charge in [-0.3, -0.25) is 4.57 Å². The average Bonchev–Trinajstić information content (AvgIpc) is 3.01. The van der Waals surface area contributed by atoms with Gasteiger partial charge >= 0.3 is 0 Å². The zero-order chi connectivity index (χ0) is 16.9. The number of imidazole rings is 1. The molecule has 124 valence electrons. The number of rotatable bonds is 3. The molecule has 23 heavy (non-hydrogen) atoms. The first-order valence-corrected chi connectivity index (χ1v) is 6.88. The van der Waals surface area contributed by atoms with Crippen LogP contribution in [-0.4, -0.2) is 59.3 Å². The molecule has 0 spiro atoms. The van der Waals surface area contributed by atoms with Crippen molar-refractivity contribution in [3.8, 4) is 0 Å². The van der Waals surface area contributed by atoms with E-state index in [-0.39, 0.29) is 17.4 Å². The van der Waals surface area contributed by atoms with E-state index in [2.05, 4.69) is 21.5 Å². The number of aliphatic hydroxyl groups is 3. The standard InChI is InChI=1S/C13H18N6O4/c1-5(2)13(3-20)8(22)7(21)11(23-13)19-4-16-6-9(14)17-12(15)18-10(6)19/h4,7-8,11,20-22H,1,3H2,2H3,(H4,14,15,17,18)/t7-,8+,11-,13+/m1/s1. The van der Waals surface area contributed by atoms with Gasteiger partial charge in [0.25, 0.3) is 0 Å². The van der Waals surface area contributed by atoms with Crippen LogP contribution in [0.3, 0.4) is 0 Å². The third kappa shape index (κ3) is 2.07. The molecule has 2 aromatic heterocycles. The van der Waals surface area contributed by atoms with Crippen LogP contribution >= 0.6 is 0 Å². The second-order valence-electron chi connectivity index (χ2n) is 5.56. The molecular weight excluding hydrogens is 304 g/mol. The van der Waals surface area contributed by atoms with Crippen LogP contribution < -0.4 is 11.5 Å². The first kappa shape index (κ1) is 15.6. The molecule has 3 rings (SSSR count). The molecule has 1 aliphatic rings. The highest BCUT2D eigenvalue weighted by Gasteiger charge is 2.55. The van der Waals surface area contributed by atoms with Crippen LogP contribution in [-0.2, 0) is 4.74 Å². The van der Waals surface area contributed by atoms with Crippen LogP contribution in [0.15, 0.2) is 18.5 Å². The van der Waals surface area contributed by atoms with E-state index in [1.807, 2.05) is 0 Å². The summed E-state index contributed by atoms with van der Waals surface area (Å²) in [7, 11) is 0. The van der Waals surface area contributed by atoms with Gasteiger partial charge in [0, 0.05) is 0 Å². The first-order chi connectivity index (χ1) is 10.8. The molecule has 0 aromatic carbocycles. The number of ether oxygens (including phenoxy) is 1. The fourth-order valence-electron chi connectivity index (χ4n) is 2.77. The van der Waals surface area contributed by atoms with Gasteiger partial charge in [-0.1, -0.05) is 6.58 Å². The van der Waals surface area contributed by atoms with Crippen LogP contribution in [0.5, 0.6) is 0 Å². The summed E-state index contributed by atoms with van der Waals surface area (Å²) in [6.45, 7) is 4.78. The molecule has 0 unspecified atom stereocenters. The molecule has 0 aliphatic carbocycles. The summed E-state index contributed by atoms with van der Waals surface area (Å²) < 4.78 is 7.13. The summed E-state index contributed by atoms with van der Waals surface area (Å²) in [6.07, 6.45) is -2.41. The van der Waals surface area contributed by atoms with Crippen molar-refractivity contribution in [3.63, 3.8) is 0 Å². The Morgan fingerprint density at radius 1 is 1.43 bits per heavy atom. The number of nitrogens with zero attached hydrogens (tertiary/aromatic N) is 4. The van der Waals surface area contributed by atoms with Crippen LogP contribution in [0.1, 0.15) is 13.2 Å². The van der Waals surface area contributed by atoms with Gasteiger partial charge in [0.1, 0.15) is 23.3 Å². The summed E-state index contributed by atoms with van der Waals surface area (Å²) in [5.41, 5.74) is 10.8. The maximum absolute atomic E-state index is 10.4. The summed E-state index contributed by atoms with van der Waals surface area (Å²) in [5.74, 6) is 0.0331. The number of anilines is 2. The molecule has 7 N–H and O–H groups in total. The maximum Gasteiger partial charge on any atom is 0.224 e. The predicted molar refractivity (Wildman–Crippen MR) is 80.9 cm³/mol. The number of hydrogen-bond donors (Lipinski definition) is 5. The third-order valence-corrected chi connectivity index (χ3v) is 4.12. The molecule has 4 atom stereocenters. The van der Waals surface area contributed by atoms with Crippen molar-refractivity contribution in [2.45, 2.75) is 31.0 Å². The molecule has 0 amide bonds. The van der Waals surface area contributed by atoms with Crippen molar-refractivity contribution in [1.29, 1.82) is 0 Å². The second-order valence-corrected chi connectivity index (χ2v) is 5.56. The Labute approximate surface area is 131 Å². The Balaban J connectivity index is 2.11. The van der Waals surface area contributed by atoms with Crippen molar-refractivity contribution in [2.75, 3.05) is 18.1 Å². The number of aromatic nitrogens is 4. The molecule has 1 fully saturated rings. The van der Waals surface area contributed by atoms with Gasteiger partial charge in [-0.25, -0.2) is 4.98 Å². The van der Waals surface area contributed by atoms with Gasteiger partial charge in [0.05, 0.1) is 12.9 Å². The Morgan fingerprint density at radius 2 is 2.13 bits per heavy atom. The van der Waals surface area contributed by atoms with E-state index in [1.54, 1.807) is 6.92 Å². The highest BCUT2D eigenvalue weighted by Crippen LogP contribution is 2.41. The van der Waals surface area contributed by atoms with E-state index in [9.17, 15) is 15.3 Å². The molecule has 2 aromatic rings. The topological polar surface area (TPSA) is 166 Å². The predicted octanol–water partition coefficient (Wildman–Crippen LogP) is -1.45. The van der Waals surface area contributed by atoms with Crippen LogP contribution in [0, 0.1) is 0 Å². The minimum atomic E-state index is -1.48. The van der Waals surface area contributed by atoms with Crippen molar-refractivity contribution in [1.82, 2.24) is 19.5 Å². The summed E-state index contributed by atoms with van der Waals surface area (Å²) in [6, 6.07) is 0. The minimum Gasteiger partial charge on any atom is -0.393 e. The molecule has 0 radical (unpaired) electrons. The fraction of sp³-hybridized carbons (Fsp3) is 0.462. The van der Waals surface area contributed by atoms with E-state index >= 15 is 0 Å². The number of nitrogens with two attached hydrogens (primary N) is 2. The molecule has 10 nitrogen and oxygen atoms in total. The van der Waals surface area contributed by atoms with E-state index in [0.29, 0.717) is 11.1 Å². The molecule has 1 aliphatic heterocycles.